The molecule has 1 unspecified atom stereocenters. The van der Waals surface area contributed by atoms with E-state index in [1.807, 2.05) is 17.9 Å². The van der Waals surface area contributed by atoms with Crippen LogP contribution in [0.3, 0.4) is 0 Å². The number of H-pyrrole nitrogens is 1. The molecular formula is C15H23N5O2S. The highest BCUT2D eigenvalue weighted by Crippen LogP contribution is 2.30. The van der Waals surface area contributed by atoms with Crippen LogP contribution in [0.4, 0.5) is 0 Å². The Hall–Kier alpha value is -1.67. The van der Waals surface area contributed by atoms with E-state index in [0.717, 1.165) is 38.2 Å². The van der Waals surface area contributed by atoms with Crippen molar-refractivity contribution in [2.45, 2.75) is 37.1 Å². The molecule has 3 rings (SSSR count). The quantitative estimate of drug-likeness (QED) is 0.907. The molecule has 23 heavy (non-hydrogen) atoms. The third-order valence-electron chi connectivity index (χ3n) is 4.68. The maximum Gasteiger partial charge on any atom is 0.178 e. The fourth-order valence-corrected chi connectivity index (χ4v) is 4.10. The van der Waals surface area contributed by atoms with E-state index in [1.165, 1.54) is 23.7 Å². The van der Waals surface area contributed by atoms with Gasteiger partial charge in [0.15, 0.2) is 9.84 Å². The second-order valence-corrected chi connectivity index (χ2v) is 8.36. The van der Waals surface area contributed by atoms with Crippen molar-refractivity contribution in [3.8, 4) is 0 Å². The first-order chi connectivity index (χ1) is 10.9. The van der Waals surface area contributed by atoms with Gasteiger partial charge in [-0.15, -0.1) is 0 Å². The van der Waals surface area contributed by atoms with E-state index in [2.05, 4.69) is 27.1 Å². The van der Waals surface area contributed by atoms with Crippen LogP contribution in [0.5, 0.6) is 0 Å². The van der Waals surface area contributed by atoms with Gasteiger partial charge in [0.25, 0.3) is 0 Å². The van der Waals surface area contributed by atoms with E-state index < -0.39 is 9.84 Å². The maximum atomic E-state index is 11.9. The Morgan fingerprint density at radius 2 is 2.17 bits per heavy atom. The van der Waals surface area contributed by atoms with Gasteiger partial charge in [-0.1, -0.05) is 0 Å². The van der Waals surface area contributed by atoms with Gasteiger partial charge in [0.2, 0.25) is 0 Å². The number of piperidine rings is 1. The summed E-state index contributed by atoms with van der Waals surface area (Å²) in [5.41, 5.74) is 3.15. The maximum absolute atomic E-state index is 11.9. The van der Waals surface area contributed by atoms with Crippen molar-refractivity contribution in [1.29, 1.82) is 0 Å². The third kappa shape index (κ3) is 3.32. The van der Waals surface area contributed by atoms with Crippen molar-refractivity contribution in [2.75, 3.05) is 19.3 Å². The van der Waals surface area contributed by atoms with E-state index in [4.69, 9.17) is 0 Å². The number of likely N-dealkylation sites (tertiary alicyclic amines) is 1. The molecule has 7 nitrogen and oxygen atoms in total. The van der Waals surface area contributed by atoms with Crippen molar-refractivity contribution in [2.24, 2.45) is 7.05 Å². The molecule has 0 saturated carbocycles. The summed E-state index contributed by atoms with van der Waals surface area (Å²) >= 11 is 0. The van der Waals surface area contributed by atoms with Crippen LogP contribution in [0, 0.1) is 6.92 Å². The second kappa shape index (κ2) is 6.09. The molecule has 0 spiro atoms. The van der Waals surface area contributed by atoms with E-state index in [1.54, 1.807) is 0 Å². The van der Waals surface area contributed by atoms with Crippen molar-refractivity contribution >= 4 is 9.84 Å². The summed E-state index contributed by atoms with van der Waals surface area (Å²) in [4.78, 5) is 2.70. The molecule has 0 amide bonds. The Kier molecular flexibility index (Phi) is 4.29. The topological polar surface area (TPSA) is 83.9 Å². The van der Waals surface area contributed by atoms with Crippen LogP contribution >= 0.6 is 0 Å². The van der Waals surface area contributed by atoms with Crippen LogP contribution in [-0.2, 0) is 23.4 Å². The Bertz CT molecular complexity index is 793. The number of sulfone groups is 1. The van der Waals surface area contributed by atoms with Crippen molar-refractivity contribution < 1.29 is 8.42 Å². The predicted molar refractivity (Wildman–Crippen MR) is 86.9 cm³/mol. The summed E-state index contributed by atoms with van der Waals surface area (Å²) in [5, 5.41) is 11.2. The average molecular weight is 337 g/mol. The van der Waals surface area contributed by atoms with Crippen LogP contribution in [-0.4, -0.2) is 52.6 Å². The molecule has 2 aromatic rings. The summed E-state index contributed by atoms with van der Waals surface area (Å²) < 4.78 is 25.7. The first-order valence-corrected chi connectivity index (χ1v) is 9.68. The monoisotopic (exact) mass is 337 g/mol. The van der Waals surface area contributed by atoms with Crippen LogP contribution in [0.25, 0.3) is 0 Å². The fraction of sp³-hybridized carbons (Fsp3) is 0.600. The number of nitrogens with one attached hydrogen (secondary N) is 1. The van der Waals surface area contributed by atoms with Crippen LogP contribution in [0.1, 0.15) is 35.7 Å². The summed E-state index contributed by atoms with van der Waals surface area (Å²) in [6, 6.07) is 0. The van der Waals surface area contributed by atoms with Crippen molar-refractivity contribution in [1.82, 2.24) is 24.9 Å². The molecule has 1 fully saturated rings. The number of hydrogen-bond acceptors (Lipinski definition) is 5. The lowest BCUT2D eigenvalue weighted by Crippen LogP contribution is -2.34. The Balaban J connectivity index is 1.77. The molecule has 1 aliphatic rings. The third-order valence-corrected chi connectivity index (χ3v) is 5.80. The van der Waals surface area contributed by atoms with E-state index in [0.29, 0.717) is 4.90 Å². The van der Waals surface area contributed by atoms with Gasteiger partial charge >= 0.3 is 0 Å². The Morgan fingerprint density at radius 1 is 1.39 bits per heavy atom. The number of aromatic amines is 1. The molecule has 1 N–H and O–H groups in total. The first-order valence-electron chi connectivity index (χ1n) is 7.79. The summed E-state index contributed by atoms with van der Waals surface area (Å²) in [6.45, 7) is 4.77. The fourth-order valence-electron chi connectivity index (χ4n) is 3.25. The summed E-state index contributed by atoms with van der Waals surface area (Å²) in [5.74, 6) is 0.174. The Morgan fingerprint density at radius 3 is 2.83 bits per heavy atom. The molecule has 8 heteroatoms. The zero-order chi connectivity index (χ0) is 16.6. The number of aryl methyl sites for hydroxylation is 1. The average Bonchev–Trinajstić information content (AvgIpc) is 3.10. The molecule has 0 aliphatic carbocycles. The minimum atomic E-state index is -3.24. The zero-order valence-corrected chi connectivity index (χ0v) is 14.6. The number of rotatable bonds is 4. The molecule has 2 aromatic heterocycles. The minimum Gasteiger partial charge on any atom is -0.298 e. The van der Waals surface area contributed by atoms with Gasteiger partial charge in [-0.3, -0.25) is 14.7 Å². The van der Waals surface area contributed by atoms with E-state index in [-0.39, 0.29) is 5.92 Å². The molecule has 0 radical (unpaired) electrons. The lowest BCUT2D eigenvalue weighted by molar-refractivity contribution is 0.197. The van der Waals surface area contributed by atoms with E-state index >= 15 is 0 Å². The van der Waals surface area contributed by atoms with Gasteiger partial charge in [-0.25, -0.2) is 8.42 Å². The molecule has 126 valence electrons. The lowest BCUT2D eigenvalue weighted by Gasteiger charge is -2.32. The van der Waals surface area contributed by atoms with Crippen LogP contribution in [0.15, 0.2) is 17.3 Å². The van der Waals surface area contributed by atoms with Gasteiger partial charge in [-0.05, 0) is 26.3 Å². The van der Waals surface area contributed by atoms with E-state index in [9.17, 15) is 8.42 Å². The van der Waals surface area contributed by atoms with Gasteiger partial charge in [0.1, 0.15) is 4.90 Å². The standard InChI is InChI=1S/C15H23N5O2S/c1-11-13(7-17-19(11)2)10-20-6-4-5-12(9-20)15-14(8-16-18-15)23(3,21)22/h7-8,12H,4-6,9-10H2,1-3H3,(H,16,18). The lowest BCUT2D eigenvalue weighted by atomic mass is 9.94. The first kappa shape index (κ1) is 16.2. The highest BCUT2D eigenvalue weighted by molar-refractivity contribution is 7.90. The van der Waals surface area contributed by atoms with Crippen LogP contribution in [0.2, 0.25) is 0 Å². The highest BCUT2D eigenvalue weighted by Gasteiger charge is 2.28. The van der Waals surface area contributed by atoms with Crippen molar-refractivity contribution in [3.05, 3.63) is 29.3 Å². The normalized spacial score (nSPS) is 20.0. The largest absolute Gasteiger partial charge is 0.298 e. The summed E-state index contributed by atoms with van der Waals surface area (Å²) in [7, 11) is -1.30. The predicted octanol–water partition coefficient (Wildman–Crippen LogP) is 1.23. The SMILES string of the molecule is Cc1c(CN2CCCC(c3[nH]ncc3S(C)(=O)=O)C2)cnn1C. The van der Waals surface area contributed by atoms with Gasteiger partial charge in [0.05, 0.1) is 18.1 Å². The number of hydrogen-bond donors (Lipinski definition) is 1. The minimum absolute atomic E-state index is 0.174. The number of aromatic nitrogens is 4. The smallest absolute Gasteiger partial charge is 0.178 e. The van der Waals surface area contributed by atoms with Crippen molar-refractivity contribution in [3.63, 3.8) is 0 Å². The van der Waals surface area contributed by atoms with Gasteiger partial charge in [-0.2, -0.15) is 10.2 Å². The molecule has 1 atom stereocenters. The van der Waals surface area contributed by atoms with Crippen LogP contribution < -0.4 is 0 Å². The number of nitrogens with zero attached hydrogens (tertiary/aromatic N) is 4. The molecule has 3 heterocycles. The molecule has 0 bridgehead atoms. The molecular weight excluding hydrogens is 314 g/mol. The molecule has 1 saturated heterocycles. The highest BCUT2D eigenvalue weighted by atomic mass is 32.2. The van der Waals surface area contributed by atoms with Gasteiger partial charge in [0, 0.05) is 43.6 Å². The Labute approximate surface area is 136 Å². The van der Waals surface area contributed by atoms with Gasteiger partial charge < -0.3 is 0 Å². The second-order valence-electron chi connectivity index (χ2n) is 6.37. The molecule has 1 aliphatic heterocycles. The zero-order valence-electron chi connectivity index (χ0n) is 13.8. The summed E-state index contributed by atoms with van der Waals surface area (Å²) in [6.07, 6.45) is 6.60. The molecule has 0 aromatic carbocycles.